The quantitative estimate of drug-likeness (QED) is 0.925. The molecule has 2 aromatic heterocycles. The fourth-order valence-electron chi connectivity index (χ4n) is 2.97. The highest BCUT2D eigenvalue weighted by molar-refractivity contribution is 5.81. The van der Waals surface area contributed by atoms with Crippen molar-refractivity contribution in [3.05, 3.63) is 30.5 Å². The number of carbonyl (C=O) groups is 1. The van der Waals surface area contributed by atoms with Crippen molar-refractivity contribution in [1.82, 2.24) is 25.1 Å². The Labute approximate surface area is 136 Å². The summed E-state index contributed by atoms with van der Waals surface area (Å²) in [5, 5.41) is 6.70. The first-order chi connectivity index (χ1) is 10.9. The van der Waals surface area contributed by atoms with Gasteiger partial charge in [0.1, 0.15) is 0 Å². The molecule has 2 aromatic rings. The van der Waals surface area contributed by atoms with Gasteiger partial charge >= 0.3 is 0 Å². The number of hydrogen-bond acceptors (Lipinski definition) is 4. The van der Waals surface area contributed by atoms with E-state index >= 15 is 0 Å². The average molecular weight is 313 g/mol. The van der Waals surface area contributed by atoms with Crippen molar-refractivity contribution in [3.8, 4) is 11.3 Å². The summed E-state index contributed by atoms with van der Waals surface area (Å²) in [5.74, 6) is 0.478. The lowest BCUT2D eigenvalue weighted by atomic mass is 9.90. The number of rotatable bonds is 2. The SMILES string of the molecule is CC(C)(C)C(=O)N1CCC[C@H](c2cnc(-c3cn[nH]c3)cn2)C1. The fourth-order valence-corrected chi connectivity index (χ4v) is 2.97. The molecule has 0 bridgehead atoms. The summed E-state index contributed by atoms with van der Waals surface area (Å²) in [6.45, 7) is 7.48. The van der Waals surface area contributed by atoms with Gasteiger partial charge in [-0.1, -0.05) is 20.8 Å². The molecular weight excluding hydrogens is 290 g/mol. The molecule has 1 fully saturated rings. The number of likely N-dealkylation sites (tertiary alicyclic amines) is 1. The van der Waals surface area contributed by atoms with Crippen molar-refractivity contribution in [1.29, 1.82) is 0 Å². The maximum absolute atomic E-state index is 12.5. The van der Waals surface area contributed by atoms with E-state index in [-0.39, 0.29) is 17.2 Å². The molecule has 0 aromatic carbocycles. The number of H-pyrrole nitrogens is 1. The molecule has 1 saturated heterocycles. The molecule has 1 atom stereocenters. The highest BCUT2D eigenvalue weighted by Gasteiger charge is 2.31. The van der Waals surface area contributed by atoms with Crippen LogP contribution < -0.4 is 0 Å². The monoisotopic (exact) mass is 313 g/mol. The number of aromatic nitrogens is 4. The molecule has 6 nitrogen and oxygen atoms in total. The van der Waals surface area contributed by atoms with Crippen molar-refractivity contribution in [2.24, 2.45) is 5.41 Å². The first-order valence-electron chi connectivity index (χ1n) is 8.05. The first-order valence-corrected chi connectivity index (χ1v) is 8.05. The van der Waals surface area contributed by atoms with E-state index in [0.717, 1.165) is 42.9 Å². The number of carbonyl (C=O) groups excluding carboxylic acids is 1. The second-order valence-corrected chi connectivity index (χ2v) is 7.15. The molecule has 0 spiro atoms. The Morgan fingerprint density at radius 1 is 1.26 bits per heavy atom. The summed E-state index contributed by atoms with van der Waals surface area (Å²) < 4.78 is 0. The molecule has 1 aliphatic heterocycles. The molecule has 1 amide bonds. The molecule has 0 saturated carbocycles. The van der Waals surface area contributed by atoms with Crippen LogP contribution in [0.25, 0.3) is 11.3 Å². The second-order valence-electron chi connectivity index (χ2n) is 7.15. The van der Waals surface area contributed by atoms with E-state index in [1.165, 1.54) is 0 Å². The Morgan fingerprint density at radius 3 is 2.70 bits per heavy atom. The van der Waals surface area contributed by atoms with E-state index in [1.807, 2.05) is 31.9 Å². The maximum atomic E-state index is 12.5. The van der Waals surface area contributed by atoms with Crippen LogP contribution in [-0.2, 0) is 4.79 Å². The Hall–Kier alpha value is -2.24. The summed E-state index contributed by atoms with van der Waals surface area (Å²) in [4.78, 5) is 23.5. The van der Waals surface area contributed by atoms with Gasteiger partial charge in [-0.25, -0.2) is 0 Å². The van der Waals surface area contributed by atoms with Gasteiger partial charge in [0.15, 0.2) is 0 Å². The molecule has 6 heteroatoms. The minimum Gasteiger partial charge on any atom is -0.342 e. The Kier molecular flexibility index (Phi) is 4.15. The molecule has 3 heterocycles. The van der Waals surface area contributed by atoms with Gasteiger partial charge in [0, 0.05) is 42.4 Å². The van der Waals surface area contributed by atoms with Crippen molar-refractivity contribution in [2.45, 2.75) is 39.5 Å². The minimum atomic E-state index is -0.335. The summed E-state index contributed by atoms with van der Waals surface area (Å²) in [6, 6.07) is 0. The lowest BCUT2D eigenvalue weighted by Gasteiger charge is -2.36. The van der Waals surface area contributed by atoms with Gasteiger partial charge in [-0.2, -0.15) is 5.10 Å². The predicted molar refractivity (Wildman–Crippen MR) is 87.6 cm³/mol. The van der Waals surface area contributed by atoms with Crippen molar-refractivity contribution in [3.63, 3.8) is 0 Å². The van der Waals surface area contributed by atoms with E-state index in [0.29, 0.717) is 0 Å². The van der Waals surface area contributed by atoms with Gasteiger partial charge in [0.2, 0.25) is 5.91 Å². The Bertz CT molecular complexity index is 657. The summed E-state index contributed by atoms with van der Waals surface area (Å²) in [5.41, 5.74) is 2.36. The first kappa shape index (κ1) is 15.6. The predicted octanol–water partition coefficient (Wildman–Crippen LogP) is 2.62. The van der Waals surface area contributed by atoms with Gasteiger partial charge in [-0.15, -0.1) is 0 Å². The largest absolute Gasteiger partial charge is 0.342 e. The minimum absolute atomic E-state index is 0.213. The molecule has 3 rings (SSSR count). The number of nitrogens with zero attached hydrogens (tertiary/aromatic N) is 4. The maximum Gasteiger partial charge on any atom is 0.227 e. The third-order valence-electron chi connectivity index (χ3n) is 4.23. The van der Waals surface area contributed by atoms with E-state index in [1.54, 1.807) is 18.6 Å². The zero-order chi connectivity index (χ0) is 16.4. The second kappa shape index (κ2) is 6.10. The van der Waals surface area contributed by atoms with Gasteiger partial charge in [0.25, 0.3) is 0 Å². The molecule has 0 unspecified atom stereocenters. The summed E-state index contributed by atoms with van der Waals surface area (Å²) in [7, 11) is 0. The lowest BCUT2D eigenvalue weighted by Crippen LogP contribution is -2.44. The van der Waals surface area contributed by atoms with Crippen LogP contribution in [0.4, 0.5) is 0 Å². The van der Waals surface area contributed by atoms with E-state index < -0.39 is 0 Å². The topological polar surface area (TPSA) is 74.8 Å². The third-order valence-corrected chi connectivity index (χ3v) is 4.23. The Balaban J connectivity index is 1.73. The van der Waals surface area contributed by atoms with Crippen LogP contribution in [0.5, 0.6) is 0 Å². The molecule has 0 aliphatic carbocycles. The average Bonchev–Trinajstić information content (AvgIpc) is 3.08. The van der Waals surface area contributed by atoms with Crippen LogP contribution in [0.2, 0.25) is 0 Å². The number of nitrogens with one attached hydrogen (secondary N) is 1. The van der Waals surface area contributed by atoms with Crippen molar-refractivity contribution >= 4 is 5.91 Å². The summed E-state index contributed by atoms with van der Waals surface area (Å²) in [6.07, 6.45) is 9.20. The van der Waals surface area contributed by atoms with E-state index in [9.17, 15) is 4.79 Å². The number of piperidine rings is 1. The van der Waals surface area contributed by atoms with Gasteiger partial charge in [-0.3, -0.25) is 19.9 Å². The Morgan fingerprint density at radius 2 is 2.09 bits per heavy atom. The van der Waals surface area contributed by atoms with Crippen LogP contribution >= 0.6 is 0 Å². The zero-order valence-electron chi connectivity index (χ0n) is 13.9. The fraction of sp³-hybridized carbons (Fsp3) is 0.529. The molecule has 23 heavy (non-hydrogen) atoms. The number of amides is 1. The van der Waals surface area contributed by atoms with Gasteiger partial charge in [-0.05, 0) is 12.8 Å². The smallest absolute Gasteiger partial charge is 0.227 e. The highest BCUT2D eigenvalue weighted by Crippen LogP contribution is 2.29. The van der Waals surface area contributed by atoms with Crippen LogP contribution in [0.3, 0.4) is 0 Å². The van der Waals surface area contributed by atoms with Crippen LogP contribution in [0.15, 0.2) is 24.8 Å². The molecule has 1 aliphatic rings. The molecule has 0 radical (unpaired) electrons. The number of hydrogen-bond donors (Lipinski definition) is 1. The lowest BCUT2D eigenvalue weighted by molar-refractivity contribution is -0.140. The van der Waals surface area contributed by atoms with E-state index in [2.05, 4.69) is 20.2 Å². The van der Waals surface area contributed by atoms with Crippen LogP contribution in [0, 0.1) is 5.41 Å². The van der Waals surface area contributed by atoms with Crippen LogP contribution in [0.1, 0.15) is 45.2 Å². The molecule has 122 valence electrons. The standard InChI is InChI=1S/C17H23N5O/c1-17(2,3)16(23)22-6-4-5-12(11-22)14-9-19-15(10-18-14)13-7-20-21-8-13/h7-10,12H,4-6,11H2,1-3H3,(H,20,21)/t12-/m0/s1. The van der Waals surface area contributed by atoms with Crippen molar-refractivity contribution < 1.29 is 4.79 Å². The summed E-state index contributed by atoms with van der Waals surface area (Å²) >= 11 is 0. The zero-order valence-corrected chi connectivity index (χ0v) is 13.9. The molecular formula is C17H23N5O. The van der Waals surface area contributed by atoms with Crippen LogP contribution in [-0.4, -0.2) is 44.1 Å². The van der Waals surface area contributed by atoms with Crippen molar-refractivity contribution in [2.75, 3.05) is 13.1 Å². The van der Waals surface area contributed by atoms with Gasteiger partial charge < -0.3 is 4.90 Å². The van der Waals surface area contributed by atoms with E-state index in [4.69, 9.17) is 0 Å². The van der Waals surface area contributed by atoms with Gasteiger partial charge in [0.05, 0.1) is 23.8 Å². The normalized spacial score (nSPS) is 18.9. The molecule has 1 N–H and O–H groups in total. The number of aromatic amines is 1. The third kappa shape index (κ3) is 3.41. The highest BCUT2D eigenvalue weighted by atomic mass is 16.2.